The van der Waals surface area contributed by atoms with E-state index in [1.54, 1.807) is 0 Å². The Hall–Kier alpha value is -1.69. The molecule has 0 spiro atoms. The Morgan fingerprint density at radius 3 is 2.70 bits per heavy atom. The van der Waals surface area contributed by atoms with Gasteiger partial charge in [-0.15, -0.1) is 0 Å². The lowest BCUT2D eigenvalue weighted by Crippen LogP contribution is -2.41. The van der Waals surface area contributed by atoms with E-state index in [0.717, 1.165) is 7.11 Å². The summed E-state index contributed by atoms with van der Waals surface area (Å²) in [6, 6.07) is 2.54. The van der Waals surface area contributed by atoms with Crippen molar-refractivity contribution >= 4 is 11.7 Å². The summed E-state index contributed by atoms with van der Waals surface area (Å²) < 4.78 is 37.7. The maximum atomic E-state index is 14.0. The summed E-state index contributed by atoms with van der Waals surface area (Å²) >= 11 is 0. The van der Waals surface area contributed by atoms with Crippen LogP contribution >= 0.6 is 0 Å². The van der Waals surface area contributed by atoms with E-state index < -0.39 is 28.7 Å². The summed E-state index contributed by atoms with van der Waals surface area (Å²) in [5.74, 6) is -3.21. The van der Waals surface area contributed by atoms with Gasteiger partial charge in [0.15, 0.2) is 11.6 Å². The first-order valence-electron chi connectivity index (χ1n) is 6.35. The molecule has 110 valence electrons. The van der Waals surface area contributed by atoms with Gasteiger partial charge in [0.05, 0.1) is 30.0 Å². The predicted molar refractivity (Wildman–Crippen MR) is 69.8 cm³/mol. The molecule has 6 heteroatoms. The second-order valence-electron chi connectivity index (χ2n) is 5.09. The van der Waals surface area contributed by atoms with Crippen LogP contribution in [0.25, 0.3) is 0 Å². The van der Waals surface area contributed by atoms with Gasteiger partial charge >= 0.3 is 5.97 Å². The third-order valence-electron chi connectivity index (χ3n) is 3.79. The van der Waals surface area contributed by atoms with Crippen LogP contribution in [0.4, 0.5) is 14.5 Å². The number of rotatable bonds is 3. The molecule has 1 heterocycles. The molecule has 0 aliphatic carbocycles. The molecule has 1 aromatic carbocycles. The molecule has 1 saturated heterocycles. The number of hydrogen-bond acceptors (Lipinski definition) is 4. The lowest BCUT2D eigenvalue weighted by atomic mass is 9.94. The largest absolute Gasteiger partial charge is 0.465 e. The van der Waals surface area contributed by atoms with Gasteiger partial charge in [-0.3, -0.25) is 0 Å². The van der Waals surface area contributed by atoms with Gasteiger partial charge in [-0.1, -0.05) is 0 Å². The number of nitrogens with one attached hydrogen (secondary N) is 1. The fourth-order valence-corrected chi connectivity index (χ4v) is 2.22. The van der Waals surface area contributed by atoms with Gasteiger partial charge in [0.2, 0.25) is 0 Å². The van der Waals surface area contributed by atoms with Crippen molar-refractivity contribution in [1.29, 1.82) is 0 Å². The van der Waals surface area contributed by atoms with E-state index in [1.165, 1.54) is 12.1 Å². The Bertz CT molecular complexity index is 535. The number of halogens is 2. The first-order chi connectivity index (χ1) is 9.39. The molecule has 2 atom stereocenters. The number of carbonyl (C=O) groups excluding carboxylic acids is 1. The summed E-state index contributed by atoms with van der Waals surface area (Å²) in [5.41, 5.74) is -0.883. The van der Waals surface area contributed by atoms with Crippen LogP contribution in [0.1, 0.15) is 30.6 Å². The highest BCUT2D eigenvalue weighted by Gasteiger charge is 2.37. The molecule has 0 bridgehead atoms. The molecule has 4 nitrogen and oxygen atoms in total. The molecule has 0 radical (unpaired) electrons. The van der Waals surface area contributed by atoms with Crippen molar-refractivity contribution in [3.05, 3.63) is 29.3 Å². The minimum atomic E-state index is -1.21. The minimum absolute atomic E-state index is 0.00926. The van der Waals surface area contributed by atoms with Gasteiger partial charge in [0.1, 0.15) is 0 Å². The number of hydrogen-bond donors (Lipinski definition) is 1. The quantitative estimate of drug-likeness (QED) is 0.867. The lowest BCUT2D eigenvalue weighted by Gasteiger charge is -2.30. The van der Waals surface area contributed by atoms with Crippen molar-refractivity contribution in [3.63, 3.8) is 0 Å². The molecule has 1 aliphatic rings. The third-order valence-corrected chi connectivity index (χ3v) is 3.79. The third kappa shape index (κ3) is 2.47. The number of methoxy groups -OCH3 is 1. The molecule has 2 unspecified atom stereocenters. The van der Waals surface area contributed by atoms with Crippen LogP contribution in [-0.2, 0) is 9.47 Å². The monoisotopic (exact) mass is 285 g/mol. The first-order valence-corrected chi connectivity index (χ1v) is 6.35. The van der Waals surface area contributed by atoms with Crippen molar-refractivity contribution in [2.75, 3.05) is 19.0 Å². The van der Waals surface area contributed by atoms with Crippen LogP contribution in [0.15, 0.2) is 12.1 Å². The summed E-state index contributed by atoms with van der Waals surface area (Å²) in [5, 5.41) is 2.97. The summed E-state index contributed by atoms with van der Waals surface area (Å²) in [6.07, 6.45) is 0.568. The van der Waals surface area contributed by atoms with Crippen molar-refractivity contribution in [2.45, 2.75) is 31.9 Å². The van der Waals surface area contributed by atoms with E-state index in [9.17, 15) is 13.6 Å². The Morgan fingerprint density at radius 2 is 2.15 bits per heavy atom. The summed E-state index contributed by atoms with van der Waals surface area (Å²) in [6.45, 7) is 4.32. The van der Waals surface area contributed by atoms with Crippen molar-refractivity contribution in [1.82, 2.24) is 0 Å². The molecule has 0 saturated carbocycles. The minimum Gasteiger partial charge on any atom is -0.465 e. The fraction of sp³-hybridized carbons (Fsp3) is 0.500. The molecule has 1 fully saturated rings. The Kier molecular flexibility index (Phi) is 3.94. The summed E-state index contributed by atoms with van der Waals surface area (Å²) in [7, 11) is 1.12. The average Bonchev–Trinajstić information content (AvgIpc) is 2.74. The van der Waals surface area contributed by atoms with E-state index in [4.69, 9.17) is 4.74 Å². The number of esters is 1. The molecule has 2 rings (SSSR count). The van der Waals surface area contributed by atoms with E-state index in [0.29, 0.717) is 13.0 Å². The predicted octanol–water partition coefficient (Wildman–Crippen LogP) is 2.73. The Balaban J connectivity index is 2.30. The van der Waals surface area contributed by atoms with Crippen LogP contribution < -0.4 is 5.32 Å². The van der Waals surface area contributed by atoms with Crippen molar-refractivity contribution < 1.29 is 23.0 Å². The number of ether oxygens (including phenoxy) is 2. The van der Waals surface area contributed by atoms with Gasteiger partial charge in [0.25, 0.3) is 0 Å². The molecule has 0 amide bonds. The topological polar surface area (TPSA) is 47.6 Å². The molecule has 1 aromatic rings. The van der Waals surface area contributed by atoms with Crippen molar-refractivity contribution in [2.24, 2.45) is 0 Å². The van der Waals surface area contributed by atoms with Crippen LogP contribution in [0.5, 0.6) is 0 Å². The van der Waals surface area contributed by atoms with Crippen molar-refractivity contribution in [3.8, 4) is 0 Å². The van der Waals surface area contributed by atoms with Gasteiger partial charge in [0, 0.05) is 6.61 Å². The first kappa shape index (κ1) is 14.7. The number of carbonyl (C=O) groups is 1. The molecule has 0 aromatic heterocycles. The van der Waals surface area contributed by atoms with Crippen LogP contribution in [0.2, 0.25) is 0 Å². The number of benzene rings is 1. The van der Waals surface area contributed by atoms with Gasteiger partial charge in [-0.05, 0) is 32.4 Å². The normalized spacial score (nSPS) is 25.6. The van der Waals surface area contributed by atoms with E-state index in [-0.39, 0.29) is 11.8 Å². The standard InChI is InChI=1S/C14H17F2NO3/c1-8-14(2,6-7-20-8)17-10-5-4-9(13(18)19-3)11(15)12(10)16/h4-5,8,17H,6-7H2,1-3H3. The SMILES string of the molecule is COC(=O)c1ccc(NC2(C)CCOC2C)c(F)c1F. The summed E-state index contributed by atoms with van der Waals surface area (Å²) in [4.78, 5) is 11.3. The zero-order valence-electron chi connectivity index (χ0n) is 11.6. The average molecular weight is 285 g/mol. The molecular weight excluding hydrogens is 268 g/mol. The lowest BCUT2D eigenvalue weighted by molar-refractivity contribution is 0.0594. The van der Waals surface area contributed by atoms with Crippen LogP contribution in [0, 0.1) is 11.6 Å². The maximum absolute atomic E-state index is 14.0. The van der Waals surface area contributed by atoms with E-state index >= 15 is 0 Å². The smallest absolute Gasteiger partial charge is 0.340 e. The zero-order chi connectivity index (χ0) is 14.9. The highest BCUT2D eigenvalue weighted by atomic mass is 19.2. The van der Waals surface area contributed by atoms with E-state index in [2.05, 4.69) is 10.1 Å². The second kappa shape index (κ2) is 5.36. The molecular formula is C14H17F2NO3. The van der Waals surface area contributed by atoms with Gasteiger partial charge < -0.3 is 14.8 Å². The number of anilines is 1. The maximum Gasteiger partial charge on any atom is 0.340 e. The Labute approximate surface area is 116 Å². The highest BCUT2D eigenvalue weighted by Crippen LogP contribution is 2.31. The van der Waals surface area contributed by atoms with E-state index in [1.807, 2.05) is 13.8 Å². The van der Waals surface area contributed by atoms with Crippen LogP contribution in [0.3, 0.4) is 0 Å². The van der Waals surface area contributed by atoms with Crippen LogP contribution in [-0.4, -0.2) is 31.3 Å². The highest BCUT2D eigenvalue weighted by molar-refractivity contribution is 5.90. The molecule has 1 aliphatic heterocycles. The fourth-order valence-electron chi connectivity index (χ4n) is 2.22. The Morgan fingerprint density at radius 1 is 1.45 bits per heavy atom. The zero-order valence-corrected chi connectivity index (χ0v) is 11.6. The molecule has 20 heavy (non-hydrogen) atoms. The molecule has 1 N–H and O–H groups in total. The van der Waals surface area contributed by atoms with Gasteiger partial charge in [-0.25, -0.2) is 13.6 Å². The van der Waals surface area contributed by atoms with Gasteiger partial charge in [-0.2, -0.15) is 0 Å². The second-order valence-corrected chi connectivity index (χ2v) is 5.09.